The lowest BCUT2D eigenvalue weighted by Gasteiger charge is -2.25. The Morgan fingerprint density at radius 3 is 2.38 bits per heavy atom. The number of nitrogens with zero attached hydrogens (tertiary/aromatic N) is 1. The Kier molecular flexibility index (Phi) is 8.38. The van der Waals surface area contributed by atoms with Crippen LogP contribution in [0.2, 0.25) is 5.02 Å². The number of amides is 1. The van der Waals surface area contributed by atoms with Gasteiger partial charge in [-0.15, -0.1) is 0 Å². The van der Waals surface area contributed by atoms with E-state index < -0.39 is 22.0 Å². The van der Waals surface area contributed by atoms with Crippen molar-refractivity contribution >= 4 is 33.5 Å². The molecule has 2 aromatic carbocycles. The van der Waals surface area contributed by atoms with Crippen LogP contribution in [0.15, 0.2) is 53.4 Å². The van der Waals surface area contributed by atoms with Crippen LogP contribution >= 0.6 is 11.6 Å². The fourth-order valence-corrected chi connectivity index (χ4v) is 5.62. The maximum absolute atomic E-state index is 13.2. The van der Waals surface area contributed by atoms with Gasteiger partial charge in [0, 0.05) is 23.5 Å². The second-order valence-corrected chi connectivity index (χ2v) is 11.4. The molecule has 3 rings (SSSR count). The Hall–Kier alpha value is -2.42. The number of esters is 1. The van der Waals surface area contributed by atoms with Crippen LogP contribution in [0.4, 0.5) is 0 Å². The molecule has 1 aliphatic heterocycles. The van der Waals surface area contributed by atoms with Gasteiger partial charge >= 0.3 is 5.97 Å². The first-order valence-corrected chi connectivity index (χ1v) is 13.1. The van der Waals surface area contributed by atoms with Gasteiger partial charge in [-0.25, -0.2) is 12.7 Å². The Bertz CT molecular complexity index is 1110. The third-order valence-electron chi connectivity index (χ3n) is 6.15. The van der Waals surface area contributed by atoms with Gasteiger partial charge in [-0.2, -0.15) is 0 Å². The molecule has 1 N–H and O–H groups in total. The second kappa shape index (κ2) is 10.9. The van der Waals surface area contributed by atoms with Crippen LogP contribution in [0.3, 0.4) is 0 Å². The number of nitrogens with one attached hydrogen (secondary N) is 1. The molecule has 9 heteroatoms. The quantitative estimate of drug-likeness (QED) is 0.543. The van der Waals surface area contributed by atoms with E-state index in [0.717, 1.165) is 21.9 Å². The molecule has 1 heterocycles. The zero-order chi connectivity index (χ0) is 24.9. The summed E-state index contributed by atoms with van der Waals surface area (Å²) >= 11 is 5.88. The highest BCUT2D eigenvalue weighted by Crippen LogP contribution is 2.28. The molecule has 0 spiro atoms. The third kappa shape index (κ3) is 6.17. The summed E-state index contributed by atoms with van der Waals surface area (Å²) in [5, 5.41) is 3.67. The maximum atomic E-state index is 13.2. The molecule has 0 radical (unpaired) electrons. The van der Waals surface area contributed by atoms with Crippen LogP contribution in [0.1, 0.15) is 50.7 Å². The van der Waals surface area contributed by atoms with Crippen molar-refractivity contribution in [3.05, 3.63) is 64.7 Å². The highest BCUT2D eigenvalue weighted by molar-refractivity contribution is 7.89. The van der Waals surface area contributed by atoms with Crippen molar-refractivity contribution in [1.82, 2.24) is 9.62 Å². The number of hydrogen-bond donors (Lipinski definition) is 1. The van der Waals surface area contributed by atoms with E-state index in [2.05, 4.69) is 5.32 Å². The number of benzene rings is 2. The van der Waals surface area contributed by atoms with Crippen molar-refractivity contribution in [2.24, 2.45) is 0 Å². The number of carbonyl (C=O) groups is 2. The molecular formula is C25H31ClN2O5S. The number of ether oxygens (including phenoxy) is 1. The van der Waals surface area contributed by atoms with Crippen molar-refractivity contribution in [3.63, 3.8) is 0 Å². The number of carbonyl (C=O) groups excluding carboxylic acids is 2. The topological polar surface area (TPSA) is 92.8 Å². The summed E-state index contributed by atoms with van der Waals surface area (Å²) < 4.78 is 32.0. The van der Waals surface area contributed by atoms with E-state index in [1.807, 2.05) is 38.1 Å². The Morgan fingerprint density at radius 2 is 1.76 bits per heavy atom. The zero-order valence-electron chi connectivity index (χ0n) is 19.7. The largest absolute Gasteiger partial charge is 0.469 e. The molecule has 2 aromatic rings. The van der Waals surface area contributed by atoms with Gasteiger partial charge in [0.2, 0.25) is 0 Å². The maximum Gasteiger partial charge on any atom is 0.306 e. The predicted molar refractivity (Wildman–Crippen MR) is 131 cm³/mol. The molecule has 0 aliphatic carbocycles. The summed E-state index contributed by atoms with van der Waals surface area (Å²) in [6, 6.07) is 13.1. The fraction of sp³-hybridized carbons (Fsp3) is 0.440. The van der Waals surface area contributed by atoms with Crippen LogP contribution < -0.4 is 5.32 Å². The average Bonchev–Trinajstić information content (AvgIpc) is 2.99. The average molecular weight is 507 g/mol. The summed E-state index contributed by atoms with van der Waals surface area (Å²) in [6.07, 6.45) is 2.20. The number of methoxy groups -OCH3 is 1. The van der Waals surface area contributed by atoms with Crippen LogP contribution in [-0.4, -0.2) is 44.3 Å². The molecule has 1 saturated heterocycles. The Balaban J connectivity index is 1.69. The normalized spacial score (nSPS) is 17.4. The third-order valence-corrected chi connectivity index (χ3v) is 8.21. The zero-order valence-corrected chi connectivity index (χ0v) is 21.3. The molecule has 34 heavy (non-hydrogen) atoms. The lowest BCUT2D eigenvalue weighted by molar-refractivity contribution is -0.141. The lowest BCUT2D eigenvalue weighted by atomic mass is 9.81. The number of rotatable bonds is 8. The van der Waals surface area contributed by atoms with Gasteiger partial charge in [0.25, 0.3) is 15.9 Å². The first kappa shape index (κ1) is 26.2. The van der Waals surface area contributed by atoms with Gasteiger partial charge < -0.3 is 10.1 Å². The van der Waals surface area contributed by atoms with Crippen molar-refractivity contribution in [2.75, 3.05) is 13.7 Å². The van der Waals surface area contributed by atoms with Crippen molar-refractivity contribution in [3.8, 4) is 0 Å². The first-order chi connectivity index (χ1) is 16.0. The molecule has 0 aromatic heterocycles. The van der Waals surface area contributed by atoms with Crippen molar-refractivity contribution in [2.45, 2.75) is 62.4 Å². The summed E-state index contributed by atoms with van der Waals surface area (Å²) in [5.74, 6) is -0.705. The summed E-state index contributed by atoms with van der Waals surface area (Å²) in [7, 11) is -2.58. The van der Waals surface area contributed by atoms with Crippen LogP contribution in [0.5, 0.6) is 0 Å². The van der Waals surface area contributed by atoms with Gasteiger partial charge in [0.15, 0.2) is 0 Å². The molecule has 0 bridgehead atoms. The van der Waals surface area contributed by atoms with E-state index >= 15 is 0 Å². The minimum absolute atomic E-state index is 0.0519. The minimum atomic E-state index is -3.95. The van der Waals surface area contributed by atoms with E-state index in [9.17, 15) is 18.0 Å². The first-order valence-electron chi connectivity index (χ1n) is 11.3. The van der Waals surface area contributed by atoms with Crippen LogP contribution in [0.25, 0.3) is 0 Å². The van der Waals surface area contributed by atoms with Gasteiger partial charge in [0.1, 0.15) is 0 Å². The second-order valence-electron chi connectivity index (χ2n) is 9.13. The van der Waals surface area contributed by atoms with E-state index in [-0.39, 0.29) is 29.2 Å². The number of sulfonamides is 1. The fourth-order valence-electron chi connectivity index (χ4n) is 4.02. The molecule has 7 nitrogen and oxygen atoms in total. The van der Waals surface area contributed by atoms with Crippen LogP contribution in [-0.2, 0) is 36.3 Å². The van der Waals surface area contributed by atoms with E-state index in [1.54, 1.807) is 0 Å². The predicted octanol–water partition coefficient (Wildman–Crippen LogP) is 4.04. The minimum Gasteiger partial charge on any atom is -0.469 e. The molecule has 0 unspecified atom stereocenters. The van der Waals surface area contributed by atoms with Gasteiger partial charge in [-0.1, -0.05) is 49.7 Å². The standard InChI is InChI=1S/C25H31ClN2O5S/c1-25(2,16-23(29)33-3)19-9-7-18(8-10-19)17-27-22-6-4-5-15-28(24(22)30)34(31,32)21-13-11-20(26)12-14-21/h7-14,22,27H,4-6,15-17H2,1-3H3/t22-/m1/s1. The number of hydrogen-bond acceptors (Lipinski definition) is 6. The van der Waals surface area contributed by atoms with E-state index in [1.165, 1.54) is 31.4 Å². The monoisotopic (exact) mass is 506 g/mol. The summed E-state index contributed by atoms with van der Waals surface area (Å²) in [6.45, 7) is 4.54. The Labute approximate surface area is 206 Å². The molecule has 1 atom stereocenters. The van der Waals surface area contributed by atoms with Crippen molar-refractivity contribution < 1.29 is 22.7 Å². The molecule has 1 amide bonds. The molecule has 1 aliphatic rings. The van der Waals surface area contributed by atoms with Gasteiger partial charge in [0.05, 0.1) is 24.5 Å². The van der Waals surface area contributed by atoms with E-state index in [0.29, 0.717) is 24.4 Å². The van der Waals surface area contributed by atoms with Gasteiger partial charge in [-0.3, -0.25) is 9.59 Å². The smallest absolute Gasteiger partial charge is 0.306 e. The molecule has 0 saturated carbocycles. The SMILES string of the molecule is COC(=O)CC(C)(C)c1ccc(CN[C@@H]2CCCCN(S(=O)(=O)c3ccc(Cl)cc3)C2=O)cc1. The summed E-state index contributed by atoms with van der Waals surface area (Å²) in [4.78, 5) is 24.9. The van der Waals surface area contributed by atoms with Crippen molar-refractivity contribution in [1.29, 1.82) is 0 Å². The molecular weight excluding hydrogens is 476 g/mol. The highest BCUT2D eigenvalue weighted by Gasteiger charge is 2.35. The van der Waals surface area contributed by atoms with Gasteiger partial charge in [-0.05, 0) is 54.7 Å². The molecule has 184 valence electrons. The Morgan fingerprint density at radius 1 is 1.12 bits per heavy atom. The summed E-state index contributed by atoms with van der Waals surface area (Å²) in [5.41, 5.74) is 1.60. The van der Waals surface area contributed by atoms with Crippen LogP contribution in [0, 0.1) is 0 Å². The number of halogens is 1. The molecule has 1 fully saturated rings. The lowest BCUT2D eigenvalue weighted by Crippen LogP contribution is -2.47. The highest BCUT2D eigenvalue weighted by atomic mass is 35.5. The van der Waals surface area contributed by atoms with E-state index in [4.69, 9.17) is 16.3 Å².